The minimum absolute atomic E-state index is 0.0282. The van der Waals surface area contributed by atoms with Crippen molar-refractivity contribution in [1.82, 2.24) is 0 Å². The van der Waals surface area contributed by atoms with Gasteiger partial charge in [-0.05, 0) is 23.8 Å². The summed E-state index contributed by atoms with van der Waals surface area (Å²) in [5, 5.41) is 4.18. The zero-order chi connectivity index (χ0) is 20.3. The Labute approximate surface area is 166 Å². The van der Waals surface area contributed by atoms with Crippen LogP contribution in [-0.4, -0.2) is 37.3 Å². The van der Waals surface area contributed by atoms with Gasteiger partial charge in [0.15, 0.2) is 23.7 Å². The Morgan fingerprint density at radius 2 is 1.86 bits per heavy atom. The predicted molar refractivity (Wildman–Crippen MR) is 99.2 cm³/mol. The number of halogens is 3. The standard InChI is InChI=1S/C21H20F3NO4/c22-21(23,24)14-28-18-7-6-16(17-11-20(29-25-17)8-9-26-13-20)10-19(18)27-12-15-4-2-1-3-5-15/h1-7,10H,8-9,11-14H2. The minimum Gasteiger partial charge on any atom is -0.485 e. The second-order valence-electron chi connectivity index (χ2n) is 7.13. The molecule has 1 fully saturated rings. The minimum atomic E-state index is -4.44. The van der Waals surface area contributed by atoms with Gasteiger partial charge in [-0.25, -0.2) is 0 Å². The second kappa shape index (κ2) is 7.94. The van der Waals surface area contributed by atoms with Gasteiger partial charge in [-0.1, -0.05) is 35.5 Å². The van der Waals surface area contributed by atoms with E-state index >= 15 is 0 Å². The number of nitrogens with zero attached hydrogens (tertiary/aromatic N) is 1. The number of benzene rings is 2. The highest BCUT2D eigenvalue weighted by molar-refractivity contribution is 6.02. The van der Waals surface area contributed by atoms with Gasteiger partial charge in [0.05, 0.1) is 18.9 Å². The van der Waals surface area contributed by atoms with Crippen molar-refractivity contribution in [3.05, 3.63) is 59.7 Å². The van der Waals surface area contributed by atoms with E-state index in [0.29, 0.717) is 25.3 Å². The zero-order valence-electron chi connectivity index (χ0n) is 15.6. The summed E-state index contributed by atoms with van der Waals surface area (Å²) in [5.74, 6) is 0.252. The molecule has 2 heterocycles. The van der Waals surface area contributed by atoms with Crippen molar-refractivity contribution in [3.8, 4) is 11.5 Å². The molecule has 8 heteroatoms. The highest BCUT2D eigenvalue weighted by Gasteiger charge is 2.43. The number of oxime groups is 1. The smallest absolute Gasteiger partial charge is 0.422 e. The van der Waals surface area contributed by atoms with E-state index < -0.39 is 18.4 Å². The van der Waals surface area contributed by atoms with Crippen molar-refractivity contribution in [3.63, 3.8) is 0 Å². The van der Waals surface area contributed by atoms with E-state index in [0.717, 1.165) is 17.5 Å². The van der Waals surface area contributed by atoms with E-state index in [2.05, 4.69) is 5.16 Å². The molecule has 154 valence electrons. The van der Waals surface area contributed by atoms with Gasteiger partial charge in [-0.2, -0.15) is 13.2 Å². The van der Waals surface area contributed by atoms with Crippen LogP contribution in [0.25, 0.3) is 0 Å². The first-order valence-electron chi connectivity index (χ1n) is 9.26. The summed E-state index contributed by atoms with van der Waals surface area (Å²) in [5.41, 5.74) is 1.88. The molecule has 29 heavy (non-hydrogen) atoms. The van der Waals surface area contributed by atoms with Crippen molar-refractivity contribution >= 4 is 5.71 Å². The Bertz CT molecular complexity index is 877. The largest absolute Gasteiger partial charge is 0.485 e. The molecule has 2 aromatic rings. The van der Waals surface area contributed by atoms with E-state index in [1.165, 1.54) is 6.07 Å². The van der Waals surface area contributed by atoms with Gasteiger partial charge in [-0.15, -0.1) is 0 Å². The predicted octanol–water partition coefficient (Wildman–Crippen LogP) is 4.49. The van der Waals surface area contributed by atoms with Crippen LogP contribution in [-0.2, 0) is 16.2 Å². The van der Waals surface area contributed by atoms with Crippen LogP contribution >= 0.6 is 0 Å². The Morgan fingerprint density at radius 1 is 1.03 bits per heavy atom. The molecule has 0 bridgehead atoms. The average molecular weight is 407 g/mol. The second-order valence-corrected chi connectivity index (χ2v) is 7.13. The lowest BCUT2D eigenvalue weighted by molar-refractivity contribution is -0.153. The summed E-state index contributed by atoms with van der Waals surface area (Å²) in [4.78, 5) is 5.60. The van der Waals surface area contributed by atoms with Gasteiger partial charge in [0.2, 0.25) is 0 Å². The fraction of sp³-hybridized carbons (Fsp3) is 0.381. The highest BCUT2D eigenvalue weighted by Crippen LogP contribution is 2.36. The molecule has 1 spiro atoms. The lowest BCUT2D eigenvalue weighted by Crippen LogP contribution is -2.29. The molecule has 2 aliphatic rings. The third-order valence-electron chi connectivity index (χ3n) is 4.81. The molecular formula is C21H20F3NO4. The van der Waals surface area contributed by atoms with Gasteiger partial charge < -0.3 is 19.0 Å². The molecule has 5 nitrogen and oxygen atoms in total. The topological polar surface area (TPSA) is 49.3 Å². The molecule has 2 aromatic carbocycles. The molecule has 1 atom stereocenters. The fourth-order valence-electron chi connectivity index (χ4n) is 3.29. The summed E-state index contributed by atoms with van der Waals surface area (Å²) in [7, 11) is 0. The number of hydrogen-bond donors (Lipinski definition) is 0. The van der Waals surface area contributed by atoms with Crippen molar-refractivity contribution in [2.75, 3.05) is 19.8 Å². The number of hydrogen-bond acceptors (Lipinski definition) is 5. The van der Waals surface area contributed by atoms with Crippen LogP contribution in [0.15, 0.2) is 53.7 Å². The van der Waals surface area contributed by atoms with Gasteiger partial charge in [0, 0.05) is 18.4 Å². The zero-order valence-corrected chi connectivity index (χ0v) is 15.6. The van der Waals surface area contributed by atoms with Crippen LogP contribution in [0.4, 0.5) is 13.2 Å². The Morgan fingerprint density at radius 3 is 2.59 bits per heavy atom. The van der Waals surface area contributed by atoms with Crippen LogP contribution in [0, 0.1) is 0 Å². The maximum Gasteiger partial charge on any atom is 0.422 e. The lowest BCUT2D eigenvalue weighted by Gasteiger charge is -2.17. The SMILES string of the molecule is FC(F)(F)COc1ccc(C2=NOC3(CCOC3)C2)cc1OCc1ccccc1. The first-order valence-corrected chi connectivity index (χ1v) is 9.26. The monoisotopic (exact) mass is 407 g/mol. The van der Waals surface area contributed by atoms with E-state index in [4.69, 9.17) is 19.0 Å². The van der Waals surface area contributed by atoms with E-state index in [9.17, 15) is 13.2 Å². The first-order chi connectivity index (χ1) is 13.9. The Kier molecular flexibility index (Phi) is 5.36. The maximum atomic E-state index is 12.6. The van der Waals surface area contributed by atoms with Crippen molar-refractivity contribution in [1.29, 1.82) is 0 Å². The van der Waals surface area contributed by atoms with E-state index in [1.54, 1.807) is 12.1 Å². The van der Waals surface area contributed by atoms with Crippen molar-refractivity contribution < 1.29 is 32.2 Å². The number of rotatable bonds is 6. The summed E-state index contributed by atoms with van der Waals surface area (Å²) < 4.78 is 54.0. The molecular weight excluding hydrogens is 387 g/mol. The molecule has 0 aliphatic carbocycles. The molecule has 0 radical (unpaired) electrons. The Hall–Kier alpha value is -2.74. The van der Waals surface area contributed by atoms with Gasteiger partial charge in [0.1, 0.15) is 6.61 Å². The fourth-order valence-corrected chi connectivity index (χ4v) is 3.29. The quantitative estimate of drug-likeness (QED) is 0.708. The number of alkyl halides is 3. The molecule has 0 saturated carbocycles. The van der Waals surface area contributed by atoms with Gasteiger partial charge in [-0.3, -0.25) is 0 Å². The third kappa shape index (κ3) is 4.82. The average Bonchev–Trinajstić information content (AvgIpc) is 3.35. The molecule has 4 rings (SSSR count). The summed E-state index contributed by atoms with van der Waals surface area (Å²) in [6, 6.07) is 14.1. The summed E-state index contributed by atoms with van der Waals surface area (Å²) >= 11 is 0. The molecule has 1 unspecified atom stereocenters. The van der Waals surface area contributed by atoms with Crippen molar-refractivity contribution in [2.24, 2.45) is 5.16 Å². The van der Waals surface area contributed by atoms with Gasteiger partial charge in [0.25, 0.3) is 0 Å². The highest BCUT2D eigenvalue weighted by atomic mass is 19.4. The van der Waals surface area contributed by atoms with E-state index in [-0.39, 0.29) is 18.1 Å². The molecule has 0 N–H and O–H groups in total. The van der Waals surface area contributed by atoms with Gasteiger partial charge >= 0.3 is 6.18 Å². The maximum absolute atomic E-state index is 12.6. The lowest BCUT2D eigenvalue weighted by atomic mass is 9.93. The third-order valence-corrected chi connectivity index (χ3v) is 4.81. The summed E-state index contributed by atoms with van der Waals surface area (Å²) in [6.07, 6.45) is -3.11. The number of ether oxygens (including phenoxy) is 3. The van der Waals surface area contributed by atoms with Crippen LogP contribution < -0.4 is 9.47 Å². The van der Waals surface area contributed by atoms with Crippen LogP contribution in [0.2, 0.25) is 0 Å². The van der Waals surface area contributed by atoms with Crippen LogP contribution in [0.1, 0.15) is 24.0 Å². The van der Waals surface area contributed by atoms with Crippen molar-refractivity contribution in [2.45, 2.75) is 31.2 Å². The summed E-state index contributed by atoms with van der Waals surface area (Å²) in [6.45, 7) is -0.0887. The molecule has 1 saturated heterocycles. The van der Waals surface area contributed by atoms with Crippen LogP contribution in [0.3, 0.4) is 0 Å². The molecule has 2 aliphatic heterocycles. The molecule has 0 amide bonds. The normalized spacial score (nSPS) is 21.1. The van der Waals surface area contributed by atoms with E-state index in [1.807, 2.05) is 30.3 Å². The molecule has 0 aromatic heterocycles. The first kappa shape index (κ1) is 19.6. The van der Waals surface area contributed by atoms with Crippen LogP contribution in [0.5, 0.6) is 11.5 Å². The Balaban J connectivity index is 1.54.